The van der Waals surface area contributed by atoms with Gasteiger partial charge in [0.05, 0.1) is 22.8 Å². The van der Waals surface area contributed by atoms with Gasteiger partial charge in [0.25, 0.3) is 10.0 Å². The largest absolute Gasteiger partial charge is 0.409 e. The molecule has 0 aliphatic rings. The molecule has 12 heteroatoms. The third-order valence-electron chi connectivity index (χ3n) is 7.99. The van der Waals surface area contributed by atoms with E-state index in [9.17, 15) is 16.8 Å². The molecule has 238 valence electrons. The molecule has 0 bridgehead atoms. The van der Waals surface area contributed by atoms with Crippen LogP contribution >= 0.6 is 0 Å². The molecule has 0 aliphatic heterocycles. The number of anilines is 1. The van der Waals surface area contributed by atoms with Crippen molar-refractivity contribution in [1.29, 1.82) is 0 Å². The number of aromatic nitrogens is 1. The lowest BCUT2D eigenvalue weighted by Gasteiger charge is -2.40. The topological polar surface area (TPSA) is 127 Å². The minimum absolute atomic E-state index is 0.0286. The van der Waals surface area contributed by atoms with E-state index in [0.29, 0.717) is 24.2 Å². The molecule has 0 saturated carbocycles. The Kier molecular flexibility index (Phi) is 10.0. The van der Waals surface area contributed by atoms with Crippen molar-refractivity contribution in [2.75, 3.05) is 17.5 Å². The number of hydrogen-bond acceptors (Lipinski definition) is 7. The molecule has 0 saturated heterocycles. The SMILES string of the molecule is C[C@H](Cc1c[nH]c2c(OS(C)(=O)=O)cccc12)NC[C@H](O[Si](C)(C)C(C)(C)C)c1cccc(NS(=O)(=O)c2ccccc2)c1. The zero-order chi connectivity index (χ0) is 32.3. The maximum atomic E-state index is 13.0. The summed E-state index contributed by atoms with van der Waals surface area (Å²) in [5.74, 6) is 0.266. The zero-order valence-electron chi connectivity index (χ0n) is 26.3. The minimum Gasteiger partial charge on any atom is -0.409 e. The Labute approximate surface area is 262 Å². The summed E-state index contributed by atoms with van der Waals surface area (Å²) >= 11 is 0. The van der Waals surface area contributed by atoms with Crippen LogP contribution in [0.1, 0.15) is 44.9 Å². The summed E-state index contributed by atoms with van der Waals surface area (Å²) in [7, 11) is -9.62. The van der Waals surface area contributed by atoms with Crippen LogP contribution in [0.4, 0.5) is 5.69 Å². The molecule has 3 N–H and O–H groups in total. The van der Waals surface area contributed by atoms with Crippen LogP contribution in [-0.4, -0.2) is 49.0 Å². The van der Waals surface area contributed by atoms with Crippen LogP contribution in [0.25, 0.3) is 10.9 Å². The third-order valence-corrected chi connectivity index (χ3v) is 14.4. The number of rotatable bonds is 13. The van der Waals surface area contributed by atoms with Gasteiger partial charge in [-0.15, -0.1) is 0 Å². The molecule has 4 rings (SSSR count). The van der Waals surface area contributed by atoms with Gasteiger partial charge in [-0.2, -0.15) is 8.42 Å². The second-order valence-electron chi connectivity index (χ2n) is 12.7. The molecule has 0 unspecified atom stereocenters. The molecule has 0 spiro atoms. The van der Waals surface area contributed by atoms with Gasteiger partial charge >= 0.3 is 10.1 Å². The highest BCUT2D eigenvalue weighted by Crippen LogP contribution is 2.40. The van der Waals surface area contributed by atoms with Gasteiger partial charge in [0.2, 0.25) is 0 Å². The number of fused-ring (bicyclic) bond motifs is 1. The average molecular weight is 658 g/mol. The number of sulfonamides is 1. The lowest BCUT2D eigenvalue weighted by Crippen LogP contribution is -2.44. The minimum atomic E-state index is -3.74. The van der Waals surface area contributed by atoms with E-state index in [1.807, 2.05) is 30.5 Å². The first-order chi connectivity index (χ1) is 20.5. The van der Waals surface area contributed by atoms with E-state index in [4.69, 9.17) is 8.61 Å². The summed E-state index contributed by atoms with van der Waals surface area (Å²) in [5.41, 5.74) is 3.00. The molecule has 9 nitrogen and oxygen atoms in total. The molecule has 2 atom stereocenters. The van der Waals surface area contributed by atoms with Gasteiger partial charge in [0, 0.05) is 29.9 Å². The number of hydrogen-bond donors (Lipinski definition) is 3. The van der Waals surface area contributed by atoms with Crippen LogP contribution in [0, 0.1) is 0 Å². The molecule has 0 aliphatic carbocycles. The maximum Gasteiger partial charge on any atom is 0.306 e. The number of aromatic amines is 1. The Hall–Kier alpha value is -3.16. The Morgan fingerprint density at radius 3 is 2.27 bits per heavy atom. The van der Waals surface area contributed by atoms with Gasteiger partial charge in [-0.3, -0.25) is 4.72 Å². The quantitative estimate of drug-likeness (QED) is 0.109. The van der Waals surface area contributed by atoms with Gasteiger partial charge in [-0.05, 0) is 72.9 Å². The third kappa shape index (κ3) is 8.51. The molecule has 3 aromatic carbocycles. The lowest BCUT2D eigenvalue weighted by atomic mass is 10.0. The first-order valence-electron chi connectivity index (χ1n) is 14.5. The van der Waals surface area contributed by atoms with E-state index in [1.54, 1.807) is 48.5 Å². The van der Waals surface area contributed by atoms with Crippen molar-refractivity contribution in [3.8, 4) is 5.75 Å². The Morgan fingerprint density at radius 2 is 1.61 bits per heavy atom. The summed E-state index contributed by atoms with van der Waals surface area (Å²) in [6.45, 7) is 13.6. The van der Waals surface area contributed by atoms with Crippen LogP contribution < -0.4 is 14.2 Å². The second kappa shape index (κ2) is 13.1. The fraction of sp³-hybridized carbons (Fsp3) is 0.375. The molecular formula is C32H43N3O6S2Si. The Bertz CT molecular complexity index is 1800. The van der Waals surface area contributed by atoms with Crippen molar-refractivity contribution in [3.63, 3.8) is 0 Å². The second-order valence-corrected chi connectivity index (χ2v) is 20.7. The van der Waals surface area contributed by atoms with E-state index < -0.39 is 28.5 Å². The summed E-state index contributed by atoms with van der Waals surface area (Å²) < 4.78 is 64.2. The van der Waals surface area contributed by atoms with Crippen molar-refractivity contribution < 1.29 is 25.4 Å². The first kappa shape index (κ1) is 33.7. The lowest BCUT2D eigenvalue weighted by molar-refractivity contribution is 0.176. The van der Waals surface area contributed by atoms with Gasteiger partial charge in [-0.25, -0.2) is 8.42 Å². The fourth-order valence-corrected chi connectivity index (χ4v) is 7.49. The van der Waals surface area contributed by atoms with Crippen molar-refractivity contribution in [3.05, 3.63) is 90.1 Å². The Morgan fingerprint density at radius 1 is 0.932 bits per heavy atom. The summed E-state index contributed by atoms with van der Waals surface area (Å²) in [6, 6.07) is 21.1. The van der Waals surface area contributed by atoms with Crippen LogP contribution in [0.2, 0.25) is 18.1 Å². The molecule has 0 radical (unpaired) electrons. The van der Waals surface area contributed by atoms with Crippen molar-refractivity contribution in [2.24, 2.45) is 0 Å². The van der Waals surface area contributed by atoms with Crippen molar-refractivity contribution >= 4 is 45.0 Å². The average Bonchev–Trinajstić information content (AvgIpc) is 3.33. The van der Waals surface area contributed by atoms with E-state index in [-0.39, 0.29) is 27.8 Å². The van der Waals surface area contributed by atoms with Crippen LogP contribution in [-0.2, 0) is 31.0 Å². The zero-order valence-corrected chi connectivity index (χ0v) is 29.0. The summed E-state index contributed by atoms with van der Waals surface area (Å²) in [6.07, 6.45) is 3.26. The van der Waals surface area contributed by atoms with Crippen molar-refractivity contribution in [2.45, 2.75) is 69.3 Å². The number of nitrogens with one attached hydrogen (secondary N) is 3. The highest BCUT2D eigenvalue weighted by molar-refractivity contribution is 7.92. The Balaban J connectivity index is 1.54. The maximum absolute atomic E-state index is 13.0. The highest BCUT2D eigenvalue weighted by Gasteiger charge is 2.39. The molecule has 44 heavy (non-hydrogen) atoms. The summed E-state index contributed by atoms with van der Waals surface area (Å²) in [4.78, 5) is 3.36. The van der Waals surface area contributed by atoms with Gasteiger partial charge < -0.3 is 18.9 Å². The monoisotopic (exact) mass is 657 g/mol. The molecule has 4 aromatic rings. The van der Waals surface area contributed by atoms with Crippen LogP contribution in [0.5, 0.6) is 5.75 Å². The molecule has 1 aromatic heterocycles. The van der Waals surface area contributed by atoms with Crippen LogP contribution in [0.3, 0.4) is 0 Å². The van der Waals surface area contributed by atoms with E-state index in [0.717, 1.165) is 22.8 Å². The molecular weight excluding hydrogens is 615 g/mol. The summed E-state index contributed by atoms with van der Waals surface area (Å²) in [5, 5.41) is 4.49. The van der Waals surface area contributed by atoms with E-state index in [2.05, 4.69) is 55.8 Å². The molecule has 1 heterocycles. The van der Waals surface area contributed by atoms with Gasteiger partial charge in [-0.1, -0.05) is 63.2 Å². The van der Waals surface area contributed by atoms with E-state index in [1.165, 1.54) is 0 Å². The molecule has 0 fully saturated rings. The standard InChI is InChI=1S/C32H43N3O6S2Si/c1-23(19-25-21-34-31-28(25)17-12-18-29(31)40-42(5,36)37)33-22-30(41-44(6,7)32(2,3)4)24-13-11-14-26(20-24)35-43(38,39)27-15-9-8-10-16-27/h8-18,20-21,23,30,33-35H,19,22H2,1-7H3/t23-,30+/m1/s1. The molecule has 0 amide bonds. The van der Waals surface area contributed by atoms with E-state index >= 15 is 0 Å². The first-order valence-corrected chi connectivity index (χ1v) is 20.7. The van der Waals surface area contributed by atoms with Gasteiger partial charge in [0.15, 0.2) is 14.1 Å². The normalized spacial score (nSPS) is 14.3. The number of benzene rings is 3. The highest BCUT2D eigenvalue weighted by atomic mass is 32.2. The number of para-hydroxylation sites is 1. The fourth-order valence-electron chi connectivity index (χ4n) is 4.67. The predicted octanol–water partition coefficient (Wildman–Crippen LogP) is 6.59. The smallest absolute Gasteiger partial charge is 0.306 e. The number of H-pyrrole nitrogens is 1. The van der Waals surface area contributed by atoms with Crippen molar-refractivity contribution in [1.82, 2.24) is 10.3 Å². The van der Waals surface area contributed by atoms with Crippen LogP contribution in [0.15, 0.2) is 83.9 Å². The predicted molar refractivity (Wildman–Crippen MR) is 180 cm³/mol. The van der Waals surface area contributed by atoms with Gasteiger partial charge in [0.1, 0.15) is 0 Å².